The van der Waals surface area contributed by atoms with Gasteiger partial charge in [0.2, 0.25) is 0 Å². The Labute approximate surface area is 95.4 Å². The van der Waals surface area contributed by atoms with Crippen molar-refractivity contribution in [1.29, 1.82) is 0 Å². The molecule has 0 saturated carbocycles. The van der Waals surface area contributed by atoms with Crippen molar-refractivity contribution < 1.29 is 4.74 Å². The maximum atomic E-state index is 5.35. The van der Waals surface area contributed by atoms with Crippen molar-refractivity contribution >= 4 is 0 Å². The van der Waals surface area contributed by atoms with Crippen molar-refractivity contribution in [1.82, 2.24) is 25.5 Å². The van der Waals surface area contributed by atoms with Crippen LogP contribution in [0.3, 0.4) is 0 Å². The summed E-state index contributed by atoms with van der Waals surface area (Å²) >= 11 is 0. The van der Waals surface area contributed by atoms with E-state index in [0.29, 0.717) is 6.04 Å². The van der Waals surface area contributed by atoms with Gasteiger partial charge >= 0.3 is 0 Å². The fourth-order valence-electron chi connectivity index (χ4n) is 2.07. The van der Waals surface area contributed by atoms with Crippen LogP contribution in [-0.4, -0.2) is 40.0 Å². The third kappa shape index (κ3) is 2.38. The Bertz CT molecular complexity index is 321. The van der Waals surface area contributed by atoms with Gasteiger partial charge in [-0.05, 0) is 36.7 Å². The number of rotatable bonds is 4. The number of hydrogen-bond donors (Lipinski definition) is 1. The molecule has 1 aromatic rings. The van der Waals surface area contributed by atoms with Crippen LogP contribution in [0.15, 0.2) is 0 Å². The van der Waals surface area contributed by atoms with E-state index >= 15 is 0 Å². The Morgan fingerprint density at radius 3 is 2.94 bits per heavy atom. The zero-order valence-electron chi connectivity index (χ0n) is 9.89. The van der Waals surface area contributed by atoms with Gasteiger partial charge in [-0.2, -0.15) is 0 Å². The van der Waals surface area contributed by atoms with Crippen LogP contribution in [0.5, 0.6) is 0 Å². The first-order valence-electron chi connectivity index (χ1n) is 5.91. The van der Waals surface area contributed by atoms with E-state index in [9.17, 15) is 0 Å². The standard InChI is InChI=1S/C10H19N5O/c1-3-11-8(2)10-12-13-14-15(10)9-4-6-16-7-5-9/h8-9,11H,3-7H2,1-2H3. The summed E-state index contributed by atoms with van der Waals surface area (Å²) in [5.74, 6) is 0.925. The van der Waals surface area contributed by atoms with Crippen molar-refractivity contribution in [2.24, 2.45) is 0 Å². The van der Waals surface area contributed by atoms with Gasteiger partial charge in [0.25, 0.3) is 0 Å². The van der Waals surface area contributed by atoms with Crippen molar-refractivity contribution in [2.45, 2.75) is 38.8 Å². The van der Waals surface area contributed by atoms with E-state index in [1.807, 2.05) is 4.68 Å². The number of nitrogens with zero attached hydrogens (tertiary/aromatic N) is 4. The quantitative estimate of drug-likeness (QED) is 0.817. The van der Waals surface area contributed by atoms with Gasteiger partial charge in [-0.1, -0.05) is 6.92 Å². The monoisotopic (exact) mass is 225 g/mol. The van der Waals surface area contributed by atoms with Crippen molar-refractivity contribution in [3.8, 4) is 0 Å². The van der Waals surface area contributed by atoms with Crippen LogP contribution >= 0.6 is 0 Å². The summed E-state index contributed by atoms with van der Waals surface area (Å²) in [5, 5.41) is 15.3. The highest BCUT2D eigenvalue weighted by atomic mass is 16.5. The van der Waals surface area contributed by atoms with Crippen LogP contribution in [0.2, 0.25) is 0 Å². The molecule has 0 spiro atoms. The first-order chi connectivity index (χ1) is 7.83. The SMILES string of the molecule is CCNC(C)c1nnnn1C1CCOCC1. The summed E-state index contributed by atoms with van der Waals surface area (Å²) in [7, 11) is 0. The number of aromatic nitrogens is 4. The molecule has 0 aromatic carbocycles. The molecule has 0 radical (unpaired) electrons. The molecular formula is C10H19N5O. The predicted octanol–water partition coefficient (Wildman–Crippen LogP) is 0.695. The van der Waals surface area contributed by atoms with Crippen LogP contribution < -0.4 is 5.32 Å². The second-order valence-corrected chi connectivity index (χ2v) is 4.10. The first-order valence-corrected chi connectivity index (χ1v) is 5.91. The molecule has 1 aliphatic heterocycles. The molecule has 16 heavy (non-hydrogen) atoms. The topological polar surface area (TPSA) is 64.9 Å². The molecule has 1 fully saturated rings. The second kappa shape index (κ2) is 5.36. The largest absolute Gasteiger partial charge is 0.381 e. The van der Waals surface area contributed by atoms with Crippen LogP contribution in [-0.2, 0) is 4.74 Å². The van der Waals surface area contributed by atoms with Crippen molar-refractivity contribution in [2.75, 3.05) is 19.8 Å². The molecule has 2 heterocycles. The predicted molar refractivity (Wildman–Crippen MR) is 59.0 cm³/mol. The zero-order chi connectivity index (χ0) is 11.4. The molecule has 0 bridgehead atoms. The molecule has 6 nitrogen and oxygen atoms in total. The van der Waals surface area contributed by atoms with Crippen molar-refractivity contribution in [3.63, 3.8) is 0 Å². The highest BCUT2D eigenvalue weighted by Crippen LogP contribution is 2.22. The number of tetrazole rings is 1. The lowest BCUT2D eigenvalue weighted by molar-refractivity contribution is 0.0644. The van der Waals surface area contributed by atoms with E-state index in [1.54, 1.807) is 0 Å². The molecule has 1 atom stereocenters. The molecule has 1 N–H and O–H groups in total. The number of ether oxygens (including phenoxy) is 1. The normalized spacial score (nSPS) is 19.9. The Morgan fingerprint density at radius 2 is 2.25 bits per heavy atom. The van der Waals surface area contributed by atoms with E-state index in [4.69, 9.17) is 4.74 Å². The van der Waals surface area contributed by atoms with Crippen LogP contribution in [0.4, 0.5) is 0 Å². The van der Waals surface area contributed by atoms with E-state index in [0.717, 1.165) is 38.4 Å². The average molecular weight is 225 g/mol. The fourth-order valence-corrected chi connectivity index (χ4v) is 2.07. The van der Waals surface area contributed by atoms with Gasteiger partial charge in [-0.3, -0.25) is 0 Å². The van der Waals surface area contributed by atoms with Gasteiger partial charge < -0.3 is 10.1 Å². The van der Waals surface area contributed by atoms with Crippen LogP contribution in [0.25, 0.3) is 0 Å². The molecular weight excluding hydrogens is 206 g/mol. The lowest BCUT2D eigenvalue weighted by Crippen LogP contribution is -2.27. The Balaban J connectivity index is 2.11. The lowest BCUT2D eigenvalue weighted by atomic mass is 10.1. The lowest BCUT2D eigenvalue weighted by Gasteiger charge is -2.24. The van der Waals surface area contributed by atoms with E-state index in [2.05, 4.69) is 34.7 Å². The zero-order valence-corrected chi connectivity index (χ0v) is 9.89. The van der Waals surface area contributed by atoms with Gasteiger partial charge in [0.15, 0.2) is 5.82 Å². The maximum absolute atomic E-state index is 5.35. The third-order valence-corrected chi connectivity index (χ3v) is 2.95. The molecule has 6 heteroatoms. The minimum Gasteiger partial charge on any atom is -0.381 e. The summed E-state index contributed by atoms with van der Waals surface area (Å²) in [5.41, 5.74) is 0. The third-order valence-electron chi connectivity index (χ3n) is 2.95. The Kier molecular flexibility index (Phi) is 3.84. The molecule has 2 rings (SSSR count). The molecule has 1 saturated heterocycles. The summed E-state index contributed by atoms with van der Waals surface area (Å²) in [4.78, 5) is 0. The van der Waals surface area contributed by atoms with Crippen molar-refractivity contribution in [3.05, 3.63) is 5.82 Å². The molecule has 1 unspecified atom stereocenters. The smallest absolute Gasteiger partial charge is 0.168 e. The maximum Gasteiger partial charge on any atom is 0.168 e. The highest BCUT2D eigenvalue weighted by Gasteiger charge is 2.22. The summed E-state index contributed by atoms with van der Waals surface area (Å²) in [6.07, 6.45) is 1.99. The molecule has 0 aliphatic carbocycles. The van der Waals surface area contributed by atoms with E-state index in [-0.39, 0.29) is 6.04 Å². The summed E-state index contributed by atoms with van der Waals surface area (Å²) in [6.45, 7) is 6.70. The number of nitrogens with one attached hydrogen (secondary N) is 1. The highest BCUT2D eigenvalue weighted by molar-refractivity contribution is 4.92. The van der Waals surface area contributed by atoms with Gasteiger partial charge in [-0.15, -0.1) is 5.10 Å². The minimum atomic E-state index is 0.197. The molecule has 1 aliphatic rings. The molecule has 0 amide bonds. The van der Waals surface area contributed by atoms with Crippen LogP contribution in [0, 0.1) is 0 Å². The molecule has 1 aromatic heterocycles. The van der Waals surface area contributed by atoms with Crippen LogP contribution in [0.1, 0.15) is 44.6 Å². The first kappa shape index (κ1) is 11.5. The van der Waals surface area contributed by atoms with E-state index < -0.39 is 0 Å². The Hall–Kier alpha value is -1.01. The van der Waals surface area contributed by atoms with Gasteiger partial charge in [-0.25, -0.2) is 4.68 Å². The Morgan fingerprint density at radius 1 is 1.50 bits per heavy atom. The number of hydrogen-bond acceptors (Lipinski definition) is 5. The van der Waals surface area contributed by atoms with Gasteiger partial charge in [0.1, 0.15) is 0 Å². The fraction of sp³-hybridized carbons (Fsp3) is 0.900. The average Bonchev–Trinajstić information content (AvgIpc) is 2.79. The summed E-state index contributed by atoms with van der Waals surface area (Å²) < 4.78 is 7.30. The van der Waals surface area contributed by atoms with E-state index in [1.165, 1.54) is 0 Å². The van der Waals surface area contributed by atoms with Gasteiger partial charge in [0, 0.05) is 13.2 Å². The molecule has 90 valence electrons. The minimum absolute atomic E-state index is 0.197. The second-order valence-electron chi connectivity index (χ2n) is 4.10. The van der Waals surface area contributed by atoms with Gasteiger partial charge in [0.05, 0.1) is 12.1 Å². The summed E-state index contributed by atoms with van der Waals surface area (Å²) in [6, 6.07) is 0.586.